The number of ether oxygens (including phenoxy) is 1. The summed E-state index contributed by atoms with van der Waals surface area (Å²) in [6, 6.07) is 3.71. The van der Waals surface area contributed by atoms with Gasteiger partial charge in [-0.2, -0.15) is 0 Å². The van der Waals surface area contributed by atoms with Crippen molar-refractivity contribution >= 4 is 5.91 Å². The summed E-state index contributed by atoms with van der Waals surface area (Å²) in [5.74, 6) is 0.999. The Balaban J connectivity index is 1.80. The second-order valence-electron chi connectivity index (χ2n) is 3.81. The lowest BCUT2D eigenvalue weighted by Gasteiger charge is -2.38. The Morgan fingerprint density at radius 2 is 2.43 bits per heavy atom. The molecular weight excluding hydrogens is 182 g/mol. The highest BCUT2D eigenvalue weighted by molar-refractivity contribution is 5.85. The van der Waals surface area contributed by atoms with Gasteiger partial charge in [0.1, 0.15) is 18.1 Å². The zero-order chi connectivity index (χ0) is 9.71. The average molecular weight is 193 g/mol. The Kier molecular flexibility index (Phi) is 1.50. The molecule has 14 heavy (non-hydrogen) atoms. The quantitative estimate of drug-likeness (QED) is 0.628. The molecule has 0 aliphatic carbocycles. The van der Waals surface area contributed by atoms with Crippen LogP contribution in [0.15, 0.2) is 22.8 Å². The second kappa shape index (κ2) is 2.60. The molecule has 2 saturated heterocycles. The molecule has 0 unspecified atom stereocenters. The van der Waals surface area contributed by atoms with Gasteiger partial charge in [0, 0.05) is 0 Å². The summed E-state index contributed by atoms with van der Waals surface area (Å²) in [5.41, 5.74) is 0. The van der Waals surface area contributed by atoms with Gasteiger partial charge in [-0.15, -0.1) is 0 Å². The summed E-state index contributed by atoms with van der Waals surface area (Å²) in [6.07, 6.45) is 1.51. The fourth-order valence-corrected chi connectivity index (χ4v) is 2.10. The number of carbonyl (C=O) groups is 1. The van der Waals surface area contributed by atoms with E-state index in [0.29, 0.717) is 6.54 Å². The van der Waals surface area contributed by atoms with Crippen LogP contribution in [-0.4, -0.2) is 23.6 Å². The average Bonchev–Trinajstić information content (AvgIpc) is 2.84. The monoisotopic (exact) mass is 193 g/mol. The summed E-state index contributed by atoms with van der Waals surface area (Å²) in [5, 5.41) is 0. The first-order valence-electron chi connectivity index (χ1n) is 4.77. The Morgan fingerprint density at radius 3 is 3.07 bits per heavy atom. The fraction of sp³-hybridized carbons (Fsp3) is 0.500. The van der Waals surface area contributed by atoms with Crippen LogP contribution in [0, 0.1) is 5.92 Å². The van der Waals surface area contributed by atoms with Crippen LogP contribution in [0.2, 0.25) is 0 Å². The maximum absolute atomic E-state index is 11.4. The van der Waals surface area contributed by atoms with Gasteiger partial charge in [-0.25, -0.2) is 0 Å². The molecule has 4 heteroatoms. The van der Waals surface area contributed by atoms with Crippen molar-refractivity contribution in [3.05, 3.63) is 24.2 Å². The fourth-order valence-electron chi connectivity index (χ4n) is 2.10. The van der Waals surface area contributed by atoms with Gasteiger partial charge in [-0.1, -0.05) is 0 Å². The van der Waals surface area contributed by atoms with Crippen molar-refractivity contribution in [3.8, 4) is 0 Å². The molecule has 3 heterocycles. The number of amides is 1. The van der Waals surface area contributed by atoms with Crippen LogP contribution in [0.1, 0.15) is 18.8 Å². The summed E-state index contributed by atoms with van der Waals surface area (Å²) in [4.78, 5) is 13.1. The van der Waals surface area contributed by atoms with Gasteiger partial charge in [-0.3, -0.25) is 4.79 Å². The zero-order valence-electron chi connectivity index (χ0n) is 7.84. The molecule has 3 rings (SSSR count). The minimum Gasteiger partial charge on any atom is -0.467 e. The smallest absolute Gasteiger partial charge is 0.232 e. The van der Waals surface area contributed by atoms with Crippen molar-refractivity contribution in [3.63, 3.8) is 0 Å². The molecule has 2 aliphatic rings. The highest BCUT2D eigenvalue weighted by Crippen LogP contribution is 2.39. The number of rotatable bonds is 1. The first kappa shape index (κ1) is 8.05. The standard InChI is InChI=1S/C10H11NO3/c1-6-9(12)11-5-8(14-10(6)11)7-3-2-4-13-7/h2-4,6,8,10H,5H2,1H3/t6-,8-,10-/m0/s1. The molecule has 2 fully saturated rings. The van der Waals surface area contributed by atoms with Gasteiger partial charge < -0.3 is 14.1 Å². The van der Waals surface area contributed by atoms with Crippen molar-refractivity contribution in [1.29, 1.82) is 0 Å². The van der Waals surface area contributed by atoms with Crippen LogP contribution >= 0.6 is 0 Å². The number of carbonyl (C=O) groups excluding carboxylic acids is 1. The van der Waals surface area contributed by atoms with Gasteiger partial charge in [0.15, 0.2) is 0 Å². The third-order valence-corrected chi connectivity index (χ3v) is 2.93. The third-order valence-electron chi connectivity index (χ3n) is 2.93. The minimum absolute atomic E-state index is 0.00922. The van der Waals surface area contributed by atoms with E-state index in [4.69, 9.17) is 9.15 Å². The normalized spacial score (nSPS) is 35.6. The van der Waals surface area contributed by atoms with Crippen LogP contribution in [0.3, 0.4) is 0 Å². The lowest BCUT2D eigenvalue weighted by Crippen LogP contribution is -2.56. The molecule has 1 aromatic rings. The van der Waals surface area contributed by atoms with Crippen LogP contribution in [-0.2, 0) is 9.53 Å². The summed E-state index contributed by atoms with van der Waals surface area (Å²) >= 11 is 0. The SMILES string of the molecule is C[C@H]1C(=O)N2C[C@@H](c3ccco3)O[C@@H]12. The number of nitrogens with zero attached hydrogens (tertiary/aromatic N) is 1. The topological polar surface area (TPSA) is 42.7 Å². The number of hydrogen-bond acceptors (Lipinski definition) is 3. The lowest BCUT2D eigenvalue weighted by atomic mass is 9.99. The van der Waals surface area contributed by atoms with Gasteiger partial charge in [0.2, 0.25) is 5.91 Å². The van der Waals surface area contributed by atoms with E-state index in [-0.39, 0.29) is 24.2 Å². The molecule has 0 saturated carbocycles. The van der Waals surface area contributed by atoms with Crippen LogP contribution < -0.4 is 0 Å². The Bertz CT molecular complexity index is 359. The molecule has 0 spiro atoms. The van der Waals surface area contributed by atoms with Gasteiger partial charge >= 0.3 is 0 Å². The molecule has 3 atom stereocenters. The number of hydrogen-bond donors (Lipinski definition) is 0. The molecule has 0 bridgehead atoms. The van der Waals surface area contributed by atoms with Crippen molar-refractivity contribution in [2.75, 3.05) is 6.54 Å². The van der Waals surface area contributed by atoms with Gasteiger partial charge in [0.05, 0.1) is 18.7 Å². The first-order valence-corrected chi connectivity index (χ1v) is 4.77. The maximum Gasteiger partial charge on any atom is 0.232 e. The van der Waals surface area contributed by atoms with E-state index in [1.165, 1.54) is 0 Å². The number of β-lactam (4-membered cyclic amide) rings is 1. The minimum atomic E-state index is -0.0797. The molecule has 0 aromatic carbocycles. The molecule has 2 aliphatic heterocycles. The predicted molar refractivity (Wildman–Crippen MR) is 47.2 cm³/mol. The Morgan fingerprint density at radius 1 is 1.57 bits per heavy atom. The Hall–Kier alpha value is -1.29. The molecule has 0 radical (unpaired) electrons. The van der Waals surface area contributed by atoms with E-state index in [0.717, 1.165) is 5.76 Å². The van der Waals surface area contributed by atoms with E-state index in [2.05, 4.69) is 0 Å². The molecule has 4 nitrogen and oxygen atoms in total. The van der Waals surface area contributed by atoms with E-state index in [9.17, 15) is 4.79 Å². The van der Waals surface area contributed by atoms with Crippen molar-refractivity contribution in [1.82, 2.24) is 4.90 Å². The first-order chi connectivity index (χ1) is 6.77. The third kappa shape index (κ3) is 0.889. The van der Waals surface area contributed by atoms with Crippen molar-refractivity contribution in [2.24, 2.45) is 5.92 Å². The maximum atomic E-state index is 11.4. The predicted octanol–water partition coefficient (Wildman–Crippen LogP) is 1.16. The molecule has 1 amide bonds. The van der Waals surface area contributed by atoms with Crippen molar-refractivity contribution in [2.45, 2.75) is 19.3 Å². The molecule has 1 aromatic heterocycles. The highest BCUT2D eigenvalue weighted by atomic mass is 16.5. The zero-order valence-corrected chi connectivity index (χ0v) is 7.84. The largest absolute Gasteiger partial charge is 0.467 e. The number of furan rings is 1. The lowest BCUT2D eigenvalue weighted by molar-refractivity contribution is -0.170. The summed E-state index contributed by atoms with van der Waals surface area (Å²) in [6.45, 7) is 2.52. The van der Waals surface area contributed by atoms with Crippen LogP contribution in [0.5, 0.6) is 0 Å². The van der Waals surface area contributed by atoms with E-state index in [1.54, 1.807) is 11.2 Å². The Labute approximate surface area is 81.4 Å². The summed E-state index contributed by atoms with van der Waals surface area (Å²) < 4.78 is 10.9. The second-order valence-corrected chi connectivity index (χ2v) is 3.81. The van der Waals surface area contributed by atoms with Gasteiger partial charge in [-0.05, 0) is 19.1 Å². The number of fused-ring (bicyclic) bond motifs is 1. The van der Waals surface area contributed by atoms with Gasteiger partial charge in [0.25, 0.3) is 0 Å². The summed E-state index contributed by atoms with van der Waals surface area (Å²) in [7, 11) is 0. The molecule has 0 N–H and O–H groups in total. The van der Waals surface area contributed by atoms with Crippen LogP contribution in [0.25, 0.3) is 0 Å². The van der Waals surface area contributed by atoms with E-state index < -0.39 is 0 Å². The highest BCUT2D eigenvalue weighted by Gasteiger charge is 2.52. The van der Waals surface area contributed by atoms with Crippen LogP contribution in [0.4, 0.5) is 0 Å². The van der Waals surface area contributed by atoms with Crippen molar-refractivity contribution < 1.29 is 13.9 Å². The van der Waals surface area contributed by atoms with E-state index in [1.807, 2.05) is 19.1 Å². The van der Waals surface area contributed by atoms with E-state index >= 15 is 0 Å². The molecular formula is C10H11NO3. The molecule has 74 valence electrons.